The Balaban J connectivity index is 1.16. The Labute approximate surface area is 183 Å². The fourth-order valence-corrected chi connectivity index (χ4v) is 4.06. The number of nitrogens with one attached hydrogen (secondary N) is 1. The van der Waals surface area contributed by atoms with E-state index in [-0.39, 0.29) is 18.6 Å². The van der Waals surface area contributed by atoms with Crippen LogP contribution >= 0.6 is 0 Å². The maximum atomic E-state index is 12.6. The van der Waals surface area contributed by atoms with Crippen LogP contribution in [0.25, 0.3) is 22.8 Å². The first-order valence-electron chi connectivity index (χ1n) is 10.3. The molecule has 2 aliphatic rings. The van der Waals surface area contributed by atoms with E-state index in [1.165, 1.54) is 0 Å². The van der Waals surface area contributed by atoms with E-state index >= 15 is 0 Å². The van der Waals surface area contributed by atoms with Crippen molar-refractivity contribution in [3.63, 3.8) is 0 Å². The first-order chi connectivity index (χ1) is 15.7. The number of carbonyl (C=O) groups excluding carboxylic acids is 1. The van der Waals surface area contributed by atoms with Gasteiger partial charge in [-0.15, -0.1) is 0 Å². The summed E-state index contributed by atoms with van der Waals surface area (Å²) in [6.45, 7) is 1.26. The molecule has 2 aromatic carbocycles. The van der Waals surface area contributed by atoms with Crippen LogP contribution in [0.15, 0.2) is 59.1 Å². The second-order valence-corrected chi connectivity index (χ2v) is 7.85. The maximum Gasteiger partial charge on any atom is 0.275 e. The number of likely N-dealkylation sites (tertiary alicyclic amines) is 1. The minimum absolute atomic E-state index is 0.0620. The molecular weight excluding hydrogens is 410 g/mol. The number of fused-ring (bicyclic) bond motifs is 1. The highest BCUT2D eigenvalue weighted by Gasteiger charge is 2.34. The van der Waals surface area contributed by atoms with Crippen LogP contribution in [0.1, 0.15) is 23.7 Å². The number of amides is 1. The largest absolute Gasteiger partial charge is 0.454 e. The molecule has 1 amide bonds. The summed E-state index contributed by atoms with van der Waals surface area (Å²) in [6, 6.07) is 17.5. The highest BCUT2D eigenvalue weighted by molar-refractivity contribution is 5.79. The molecule has 0 bridgehead atoms. The number of aromatic nitrogens is 4. The molecule has 4 aromatic rings. The minimum Gasteiger partial charge on any atom is -0.454 e. The van der Waals surface area contributed by atoms with Gasteiger partial charge in [0.05, 0.1) is 5.69 Å². The van der Waals surface area contributed by atoms with Crippen molar-refractivity contribution in [3.05, 3.63) is 66.0 Å². The van der Waals surface area contributed by atoms with Gasteiger partial charge in [0.1, 0.15) is 5.69 Å². The second-order valence-electron chi connectivity index (χ2n) is 7.85. The summed E-state index contributed by atoms with van der Waals surface area (Å²) in [6.07, 6.45) is 0.349. The number of nitrogens with zero attached hydrogens (tertiary/aromatic N) is 4. The lowest BCUT2D eigenvalue weighted by Crippen LogP contribution is -2.24. The van der Waals surface area contributed by atoms with E-state index in [1.54, 1.807) is 0 Å². The number of aromatic amines is 1. The minimum atomic E-state index is -0.120. The molecule has 0 aliphatic carbocycles. The van der Waals surface area contributed by atoms with Crippen LogP contribution < -0.4 is 9.47 Å². The SMILES string of the molecule is O=C1CC(c2noc(-c3cc(-c4ccccc4)n[nH]3)n2)CN1Cc1ccc2c(c1)OCO2. The lowest BCUT2D eigenvalue weighted by atomic mass is 10.1. The fraction of sp³-hybridized carbons (Fsp3) is 0.217. The summed E-state index contributed by atoms with van der Waals surface area (Å²) in [7, 11) is 0. The Morgan fingerprint density at radius 2 is 1.94 bits per heavy atom. The van der Waals surface area contributed by atoms with Crippen LogP contribution in [-0.4, -0.2) is 44.5 Å². The maximum absolute atomic E-state index is 12.6. The first kappa shape index (κ1) is 18.6. The Morgan fingerprint density at radius 1 is 1.06 bits per heavy atom. The second kappa shape index (κ2) is 7.52. The smallest absolute Gasteiger partial charge is 0.275 e. The molecule has 0 radical (unpaired) electrons. The molecule has 4 heterocycles. The monoisotopic (exact) mass is 429 g/mol. The number of rotatable bonds is 5. The van der Waals surface area contributed by atoms with Crippen molar-refractivity contribution in [2.45, 2.75) is 18.9 Å². The quantitative estimate of drug-likeness (QED) is 0.518. The number of ether oxygens (including phenoxy) is 2. The molecule has 0 saturated carbocycles. The van der Waals surface area contributed by atoms with Gasteiger partial charge >= 0.3 is 0 Å². The van der Waals surface area contributed by atoms with E-state index in [9.17, 15) is 4.79 Å². The highest BCUT2D eigenvalue weighted by Crippen LogP contribution is 2.34. The molecule has 1 saturated heterocycles. The van der Waals surface area contributed by atoms with E-state index in [1.807, 2.05) is 59.5 Å². The molecular formula is C23H19N5O4. The van der Waals surface area contributed by atoms with E-state index in [0.717, 1.165) is 22.6 Å². The average molecular weight is 429 g/mol. The van der Waals surface area contributed by atoms with E-state index in [4.69, 9.17) is 14.0 Å². The van der Waals surface area contributed by atoms with Crippen LogP contribution in [0.3, 0.4) is 0 Å². The summed E-state index contributed by atoms with van der Waals surface area (Å²) in [4.78, 5) is 18.9. The van der Waals surface area contributed by atoms with Crippen molar-refractivity contribution >= 4 is 5.91 Å². The van der Waals surface area contributed by atoms with Gasteiger partial charge in [-0.05, 0) is 23.8 Å². The van der Waals surface area contributed by atoms with Crippen LogP contribution in [0.5, 0.6) is 11.5 Å². The van der Waals surface area contributed by atoms with Crippen LogP contribution in [0.4, 0.5) is 0 Å². The van der Waals surface area contributed by atoms with Crippen LogP contribution in [0.2, 0.25) is 0 Å². The van der Waals surface area contributed by atoms with Gasteiger partial charge in [0.25, 0.3) is 5.89 Å². The zero-order valence-electron chi connectivity index (χ0n) is 17.0. The normalized spacial score (nSPS) is 17.3. The number of hydrogen-bond acceptors (Lipinski definition) is 7. The van der Waals surface area contributed by atoms with Crippen molar-refractivity contribution in [2.24, 2.45) is 0 Å². The van der Waals surface area contributed by atoms with Crippen molar-refractivity contribution in [1.29, 1.82) is 0 Å². The van der Waals surface area contributed by atoms with Gasteiger partial charge in [-0.1, -0.05) is 41.6 Å². The molecule has 9 nitrogen and oxygen atoms in total. The standard InChI is InChI=1S/C23H19N5O4/c29-21-9-16(12-28(21)11-14-6-7-19-20(8-14)31-13-30-19)22-24-23(32-27-22)18-10-17(25-26-18)15-4-2-1-3-5-15/h1-8,10,16H,9,11-13H2,(H,25,26). The van der Waals surface area contributed by atoms with Crippen molar-refractivity contribution in [2.75, 3.05) is 13.3 Å². The number of carbonyl (C=O) groups is 1. The van der Waals surface area contributed by atoms with Gasteiger partial charge in [-0.2, -0.15) is 10.1 Å². The molecule has 1 unspecified atom stereocenters. The molecule has 2 aromatic heterocycles. The molecule has 32 heavy (non-hydrogen) atoms. The average Bonchev–Trinajstić information content (AvgIpc) is 3.61. The number of H-pyrrole nitrogens is 1. The molecule has 1 fully saturated rings. The summed E-state index contributed by atoms with van der Waals surface area (Å²) < 4.78 is 16.2. The highest BCUT2D eigenvalue weighted by atomic mass is 16.7. The Hall–Kier alpha value is -4.14. The third kappa shape index (κ3) is 3.37. The van der Waals surface area contributed by atoms with Gasteiger partial charge in [0.2, 0.25) is 12.7 Å². The third-order valence-electron chi connectivity index (χ3n) is 5.71. The van der Waals surface area contributed by atoms with Gasteiger partial charge in [-0.25, -0.2) is 0 Å². The van der Waals surface area contributed by atoms with E-state index < -0.39 is 0 Å². The molecule has 2 aliphatic heterocycles. The molecule has 1 atom stereocenters. The molecule has 6 rings (SSSR count). The Kier molecular flexibility index (Phi) is 4.38. The van der Waals surface area contributed by atoms with E-state index in [0.29, 0.717) is 42.7 Å². The number of benzene rings is 2. The Bertz CT molecular complexity index is 1280. The van der Waals surface area contributed by atoms with Gasteiger partial charge < -0.3 is 18.9 Å². The van der Waals surface area contributed by atoms with Crippen molar-refractivity contribution in [1.82, 2.24) is 25.2 Å². The predicted octanol–water partition coefficient (Wildman–Crippen LogP) is 3.37. The van der Waals surface area contributed by atoms with Gasteiger partial charge in [0.15, 0.2) is 17.3 Å². The van der Waals surface area contributed by atoms with Gasteiger partial charge in [-0.3, -0.25) is 9.89 Å². The number of hydrogen-bond donors (Lipinski definition) is 1. The predicted molar refractivity (Wildman–Crippen MR) is 113 cm³/mol. The lowest BCUT2D eigenvalue weighted by Gasteiger charge is -2.16. The summed E-state index contributed by atoms with van der Waals surface area (Å²) in [5.74, 6) is 2.27. The van der Waals surface area contributed by atoms with Crippen LogP contribution in [-0.2, 0) is 11.3 Å². The summed E-state index contributed by atoms with van der Waals surface area (Å²) in [5.41, 5.74) is 3.42. The Morgan fingerprint density at radius 3 is 2.84 bits per heavy atom. The first-order valence-corrected chi connectivity index (χ1v) is 10.3. The lowest BCUT2D eigenvalue weighted by molar-refractivity contribution is -0.128. The summed E-state index contributed by atoms with van der Waals surface area (Å²) in [5, 5.41) is 11.4. The molecule has 9 heteroatoms. The molecule has 0 spiro atoms. The van der Waals surface area contributed by atoms with Crippen LogP contribution in [0, 0.1) is 0 Å². The zero-order valence-corrected chi connectivity index (χ0v) is 17.0. The van der Waals surface area contributed by atoms with E-state index in [2.05, 4.69) is 20.3 Å². The van der Waals surface area contributed by atoms with Gasteiger partial charge in [0, 0.05) is 31.0 Å². The fourth-order valence-electron chi connectivity index (χ4n) is 4.06. The summed E-state index contributed by atoms with van der Waals surface area (Å²) >= 11 is 0. The molecule has 1 N–H and O–H groups in total. The third-order valence-corrected chi connectivity index (χ3v) is 5.71. The molecule has 160 valence electrons. The topological polar surface area (TPSA) is 106 Å². The van der Waals surface area contributed by atoms with Crippen molar-refractivity contribution in [3.8, 4) is 34.3 Å². The zero-order chi connectivity index (χ0) is 21.5. The van der Waals surface area contributed by atoms with Crippen molar-refractivity contribution < 1.29 is 18.8 Å².